The number of ether oxygens (including phenoxy) is 3. The smallest absolute Gasteiger partial charge is 0.296 e. The summed E-state index contributed by atoms with van der Waals surface area (Å²) in [5, 5.41) is 11.3. The van der Waals surface area contributed by atoms with Crippen LogP contribution in [0.15, 0.2) is 70.9 Å². The number of hydrogen-bond donors (Lipinski definition) is 1. The van der Waals surface area contributed by atoms with Gasteiger partial charge < -0.3 is 28.6 Å². The second-order valence-electron chi connectivity index (χ2n) is 8.64. The van der Waals surface area contributed by atoms with Gasteiger partial charge in [-0.15, -0.1) is 0 Å². The second-order valence-corrected chi connectivity index (χ2v) is 8.64. The Morgan fingerprint density at radius 3 is 2.56 bits per heavy atom. The van der Waals surface area contributed by atoms with Crippen molar-refractivity contribution in [2.45, 2.75) is 32.4 Å². The van der Waals surface area contributed by atoms with Crippen molar-refractivity contribution in [1.29, 1.82) is 0 Å². The number of benzene rings is 2. The molecule has 1 amide bonds. The maximum atomic E-state index is 13.3. The summed E-state index contributed by atoms with van der Waals surface area (Å²) >= 11 is 0. The Labute approximate surface area is 208 Å². The molecule has 1 unspecified atom stereocenters. The quantitative estimate of drug-likeness (QED) is 0.209. The third-order valence-corrected chi connectivity index (χ3v) is 6.22. The lowest BCUT2D eigenvalue weighted by Crippen LogP contribution is -2.29. The Morgan fingerprint density at radius 1 is 1.06 bits per heavy atom. The Kier molecular flexibility index (Phi) is 6.66. The Bertz CT molecular complexity index is 1280. The zero-order valence-electron chi connectivity index (χ0n) is 19.9. The number of Topliss-reactive ketones (excluding diaryl/α,β-unsaturated/α-hetero) is 1. The number of unbranched alkanes of at least 4 members (excludes halogenated alkanes) is 1. The molecule has 186 valence electrons. The summed E-state index contributed by atoms with van der Waals surface area (Å²) in [5.74, 6) is 0.510. The SMILES string of the molecule is CCCCOc1ccc(C2/C(=C(/O)c3ccc4c(c3)OCCO4)C(=O)C(=O)N2Cc2ccco2)cc1. The van der Waals surface area contributed by atoms with Gasteiger partial charge in [0.2, 0.25) is 0 Å². The first kappa shape index (κ1) is 23.5. The highest BCUT2D eigenvalue weighted by Crippen LogP contribution is 2.42. The van der Waals surface area contributed by atoms with Crippen LogP contribution in [0, 0.1) is 0 Å². The molecule has 0 radical (unpaired) electrons. The minimum absolute atomic E-state index is 0.00267. The van der Waals surface area contributed by atoms with E-state index in [1.54, 1.807) is 30.3 Å². The molecule has 3 aromatic rings. The number of aliphatic hydroxyl groups excluding tert-OH is 1. The highest BCUT2D eigenvalue weighted by atomic mass is 16.6. The highest BCUT2D eigenvalue weighted by molar-refractivity contribution is 6.46. The third-order valence-electron chi connectivity index (χ3n) is 6.22. The number of likely N-dealkylation sites (tertiary alicyclic amines) is 1. The fraction of sp³-hybridized carbons (Fsp3) is 0.286. The van der Waals surface area contributed by atoms with E-state index in [0.717, 1.165) is 12.8 Å². The van der Waals surface area contributed by atoms with Crippen molar-refractivity contribution in [3.8, 4) is 17.2 Å². The van der Waals surface area contributed by atoms with E-state index < -0.39 is 17.7 Å². The molecular formula is C28H27NO7. The number of carbonyl (C=O) groups is 2. The summed E-state index contributed by atoms with van der Waals surface area (Å²) in [6, 6.07) is 14.8. The fourth-order valence-corrected chi connectivity index (χ4v) is 4.39. The molecule has 3 heterocycles. The van der Waals surface area contributed by atoms with Crippen LogP contribution in [-0.4, -0.2) is 41.5 Å². The number of carbonyl (C=O) groups excluding carboxylic acids is 2. The molecule has 1 N–H and O–H groups in total. The topological polar surface area (TPSA) is 98.4 Å². The maximum absolute atomic E-state index is 13.3. The van der Waals surface area contributed by atoms with Crippen molar-refractivity contribution < 1.29 is 33.3 Å². The van der Waals surface area contributed by atoms with Crippen molar-refractivity contribution in [3.05, 3.63) is 83.3 Å². The van der Waals surface area contributed by atoms with Crippen molar-refractivity contribution >= 4 is 17.4 Å². The molecule has 1 fully saturated rings. The molecule has 2 aliphatic heterocycles. The van der Waals surface area contributed by atoms with Gasteiger partial charge in [-0.3, -0.25) is 9.59 Å². The van der Waals surface area contributed by atoms with E-state index >= 15 is 0 Å². The molecule has 2 aromatic carbocycles. The van der Waals surface area contributed by atoms with Crippen LogP contribution >= 0.6 is 0 Å². The predicted molar refractivity (Wildman–Crippen MR) is 131 cm³/mol. The van der Waals surface area contributed by atoms with Crippen molar-refractivity contribution in [1.82, 2.24) is 4.90 Å². The number of rotatable bonds is 8. The van der Waals surface area contributed by atoms with E-state index in [1.165, 1.54) is 11.2 Å². The normalized spacial score (nSPS) is 18.5. The van der Waals surface area contributed by atoms with Crippen LogP contribution in [0.5, 0.6) is 17.2 Å². The number of nitrogens with zero attached hydrogens (tertiary/aromatic N) is 1. The van der Waals surface area contributed by atoms with Crippen LogP contribution in [-0.2, 0) is 16.1 Å². The predicted octanol–water partition coefficient (Wildman–Crippen LogP) is 4.85. The van der Waals surface area contributed by atoms with Crippen LogP contribution in [0.1, 0.15) is 42.7 Å². The molecular weight excluding hydrogens is 462 g/mol. The number of hydrogen-bond acceptors (Lipinski definition) is 7. The molecule has 1 atom stereocenters. The Hall–Kier alpha value is -4.20. The van der Waals surface area contributed by atoms with Crippen molar-refractivity contribution in [2.75, 3.05) is 19.8 Å². The van der Waals surface area contributed by atoms with E-state index in [2.05, 4.69) is 6.92 Å². The van der Waals surface area contributed by atoms with Gasteiger partial charge in [-0.05, 0) is 54.4 Å². The van der Waals surface area contributed by atoms with Gasteiger partial charge in [0.15, 0.2) is 11.5 Å². The molecule has 2 aliphatic rings. The average molecular weight is 490 g/mol. The zero-order valence-corrected chi connectivity index (χ0v) is 19.9. The fourth-order valence-electron chi connectivity index (χ4n) is 4.39. The minimum Gasteiger partial charge on any atom is -0.507 e. The van der Waals surface area contributed by atoms with Gasteiger partial charge in [0.25, 0.3) is 11.7 Å². The lowest BCUT2D eigenvalue weighted by molar-refractivity contribution is -0.140. The number of ketones is 1. The molecule has 0 aliphatic carbocycles. The summed E-state index contributed by atoms with van der Waals surface area (Å²) in [6.07, 6.45) is 3.48. The molecule has 0 bridgehead atoms. The van der Waals surface area contributed by atoms with Crippen LogP contribution in [0.4, 0.5) is 0 Å². The summed E-state index contributed by atoms with van der Waals surface area (Å²) in [6.45, 7) is 3.61. The van der Waals surface area contributed by atoms with Gasteiger partial charge in [-0.25, -0.2) is 0 Å². The first-order valence-corrected chi connectivity index (χ1v) is 12.0. The van der Waals surface area contributed by atoms with Crippen LogP contribution in [0.25, 0.3) is 5.76 Å². The van der Waals surface area contributed by atoms with Crippen molar-refractivity contribution in [3.63, 3.8) is 0 Å². The standard InChI is InChI=1S/C28H27NO7/c1-2-3-12-33-20-9-6-18(7-10-20)25-24(27(31)28(32)29(25)17-21-5-4-13-34-21)26(30)19-8-11-22-23(16-19)36-15-14-35-22/h4-11,13,16,25,30H,2-3,12,14-15,17H2,1H3/b26-24-. The largest absolute Gasteiger partial charge is 0.507 e. The van der Waals surface area contributed by atoms with Gasteiger partial charge in [-0.1, -0.05) is 25.5 Å². The van der Waals surface area contributed by atoms with Gasteiger partial charge in [0.05, 0.1) is 31.0 Å². The van der Waals surface area contributed by atoms with E-state index in [-0.39, 0.29) is 17.9 Å². The van der Waals surface area contributed by atoms with Gasteiger partial charge in [-0.2, -0.15) is 0 Å². The molecule has 0 spiro atoms. The summed E-state index contributed by atoms with van der Waals surface area (Å²) in [4.78, 5) is 27.8. The number of furan rings is 1. The lowest BCUT2D eigenvalue weighted by atomic mass is 9.95. The number of amides is 1. The van der Waals surface area contributed by atoms with Crippen molar-refractivity contribution in [2.24, 2.45) is 0 Å². The molecule has 36 heavy (non-hydrogen) atoms. The van der Waals surface area contributed by atoms with Crippen LogP contribution < -0.4 is 14.2 Å². The number of aliphatic hydroxyl groups is 1. The molecule has 1 saturated heterocycles. The first-order chi connectivity index (χ1) is 17.6. The Morgan fingerprint density at radius 2 is 1.83 bits per heavy atom. The van der Waals surface area contributed by atoms with E-state index in [1.807, 2.05) is 24.3 Å². The molecule has 5 rings (SSSR count). The molecule has 0 saturated carbocycles. The van der Waals surface area contributed by atoms with Gasteiger partial charge in [0.1, 0.15) is 30.5 Å². The molecule has 1 aromatic heterocycles. The zero-order chi connectivity index (χ0) is 25.1. The average Bonchev–Trinajstić information content (AvgIpc) is 3.51. The summed E-state index contributed by atoms with van der Waals surface area (Å²) < 4.78 is 22.4. The van der Waals surface area contributed by atoms with Gasteiger partial charge in [0, 0.05) is 5.56 Å². The van der Waals surface area contributed by atoms with Gasteiger partial charge >= 0.3 is 0 Å². The van der Waals surface area contributed by atoms with Crippen LogP contribution in [0.2, 0.25) is 0 Å². The highest BCUT2D eigenvalue weighted by Gasteiger charge is 2.46. The van der Waals surface area contributed by atoms with E-state index in [4.69, 9.17) is 18.6 Å². The third kappa shape index (κ3) is 4.54. The molecule has 8 heteroatoms. The Balaban J connectivity index is 1.55. The number of fused-ring (bicyclic) bond motifs is 1. The summed E-state index contributed by atoms with van der Waals surface area (Å²) in [5.41, 5.74) is 1.03. The maximum Gasteiger partial charge on any atom is 0.296 e. The lowest BCUT2D eigenvalue weighted by Gasteiger charge is -2.25. The summed E-state index contributed by atoms with van der Waals surface area (Å²) in [7, 11) is 0. The first-order valence-electron chi connectivity index (χ1n) is 12.0. The second kappa shape index (κ2) is 10.2. The van der Waals surface area contributed by atoms with E-state index in [0.29, 0.717) is 54.0 Å². The molecule has 8 nitrogen and oxygen atoms in total. The van der Waals surface area contributed by atoms with Crippen LogP contribution in [0.3, 0.4) is 0 Å². The van der Waals surface area contributed by atoms with E-state index in [9.17, 15) is 14.7 Å². The minimum atomic E-state index is -0.812. The monoisotopic (exact) mass is 489 g/mol.